The van der Waals surface area contributed by atoms with Crippen LogP contribution in [-0.2, 0) is 22.6 Å². The fourth-order valence-corrected chi connectivity index (χ4v) is 3.00. The van der Waals surface area contributed by atoms with Gasteiger partial charge in [0.2, 0.25) is 0 Å². The lowest BCUT2D eigenvalue weighted by molar-refractivity contribution is -0.139. The van der Waals surface area contributed by atoms with E-state index in [1.165, 1.54) is 0 Å². The van der Waals surface area contributed by atoms with Gasteiger partial charge in [-0.2, -0.15) is 0 Å². The number of ether oxygens (including phenoxy) is 2. The summed E-state index contributed by atoms with van der Waals surface area (Å²) in [6.45, 7) is 6.09. The summed E-state index contributed by atoms with van der Waals surface area (Å²) in [6, 6.07) is 7.76. The molecule has 1 atom stereocenters. The van der Waals surface area contributed by atoms with Crippen molar-refractivity contribution in [1.29, 1.82) is 0 Å². The van der Waals surface area contributed by atoms with E-state index in [1.54, 1.807) is 19.5 Å². The van der Waals surface area contributed by atoms with Crippen LogP contribution in [-0.4, -0.2) is 40.1 Å². The molecular weight excluding hydrogens is 330 g/mol. The quantitative estimate of drug-likeness (QED) is 0.747. The van der Waals surface area contributed by atoms with E-state index in [9.17, 15) is 4.79 Å². The maximum absolute atomic E-state index is 12.8. The number of carbonyl (C=O) groups excluding carboxylic acids is 1. The van der Waals surface area contributed by atoms with Crippen molar-refractivity contribution >= 4 is 12.0 Å². The van der Waals surface area contributed by atoms with Crippen LogP contribution in [0.25, 0.3) is 6.08 Å². The lowest BCUT2D eigenvalue weighted by atomic mass is 10.1. The summed E-state index contributed by atoms with van der Waals surface area (Å²) in [4.78, 5) is 19.0. The van der Waals surface area contributed by atoms with E-state index in [1.807, 2.05) is 46.9 Å². The van der Waals surface area contributed by atoms with Crippen LogP contribution in [0.3, 0.4) is 0 Å². The molecule has 138 valence electrons. The van der Waals surface area contributed by atoms with Gasteiger partial charge in [-0.15, -0.1) is 0 Å². The molecule has 0 N–H and O–H groups in total. The molecule has 6 heteroatoms. The predicted octanol–water partition coefficient (Wildman–Crippen LogP) is 3.09. The highest BCUT2D eigenvalue weighted by Crippen LogP contribution is 2.21. The van der Waals surface area contributed by atoms with Crippen LogP contribution in [0.5, 0.6) is 5.75 Å². The second kappa shape index (κ2) is 8.08. The van der Waals surface area contributed by atoms with Crippen LogP contribution in [0.1, 0.15) is 31.5 Å². The van der Waals surface area contributed by atoms with E-state index < -0.39 is 0 Å². The Labute approximate surface area is 154 Å². The van der Waals surface area contributed by atoms with Gasteiger partial charge in [0.25, 0.3) is 5.91 Å². The third-order valence-electron chi connectivity index (χ3n) is 4.25. The minimum atomic E-state index is -0.107. The summed E-state index contributed by atoms with van der Waals surface area (Å²) in [5.74, 6) is 1.04. The molecule has 0 spiro atoms. The van der Waals surface area contributed by atoms with Gasteiger partial charge in [0.05, 0.1) is 25.7 Å². The minimum Gasteiger partial charge on any atom is -0.497 e. The van der Waals surface area contributed by atoms with Gasteiger partial charge in [0, 0.05) is 25.4 Å². The average molecular weight is 355 g/mol. The Morgan fingerprint density at radius 1 is 1.35 bits per heavy atom. The highest BCUT2D eigenvalue weighted by atomic mass is 16.5. The molecule has 26 heavy (non-hydrogen) atoms. The number of hydrogen-bond donors (Lipinski definition) is 0. The Bertz CT molecular complexity index is 780. The highest BCUT2D eigenvalue weighted by Gasteiger charge is 2.29. The standard InChI is InChI=1S/C20H25N3O3/c1-4-9-22-13-17(21-14-22)10-19-20(24)23(11-15(2)26-19)12-16-5-7-18(25-3)8-6-16/h5-8,10,13-15H,4,9,11-12H2,1-3H3. The number of nitrogens with zero attached hydrogens (tertiary/aromatic N) is 3. The number of amides is 1. The molecule has 0 aliphatic carbocycles. The molecule has 1 amide bonds. The van der Waals surface area contributed by atoms with Crippen LogP contribution < -0.4 is 4.74 Å². The lowest BCUT2D eigenvalue weighted by Gasteiger charge is -2.33. The molecule has 1 aliphatic rings. The molecule has 0 saturated carbocycles. The Morgan fingerprint density at radius 3 is 2.81 bits per heavy atom. The number of methoxy groups -OCH3 is 1. The first kappa shape index (κ1) is 18.0. The highest BCUT2D eigenvalue weighted by molar-refractivity contribution is 5.96. The van der Waals surface area contributed by atoms with Crippen LogP contribution in [0.15, 0.2) is 42.5 Å². The second-order valence-corrected chi connectivity index (χ2v) is 6.51. The predicted molar refractivity (Wildman–Crippen MR) is 99.5 cm³/mol. The Hall–Kier alpha value is -2.76. The third-order valence-corrected chi connectivity index (χ3v) is 4.25. The summed E-state index contributed by atoms with van der Waals surface area (Å²) in [7, 11) is 1.64. The van der Waals surface area contributed by atoms with E-state index in [0.717, 1.165) is 30.0 Å². The van der Waals surface area contributed by atoms with Gasteiger partial charge in [-0.3, -0.25) is 4.79 Å². The Balaban J connectivity index is 1.75. The van der Waals surface area contributed by atoms with Crippen molar-refractivity contribution in [3.8, 4) is 5.75 Å². The average Bonchev–Trinajstić information content (AvgIpc) is 3.07. The van der Waals surface area contributed by atoms with Crippen molar-refractivity contribution in [2.75, 3.05) is 13.7 Å². The fraction of sp³-hybridized carbons (Fsp3) is 0.400. The first-order valence-corrected chi connectivity index (χ1v) is 8.91. The van der Waals surface area contributed by atoms with Gasteiger partial charge in [-0.25, -0.2) is 4.98 Å². The Morgan fingerprint density at radius 2 is 2.12 bits per heavy atom. The number of morpholine rings is 1. The van der Waals surface area contributed by atoms with E-state index in [0.29, 0.717) is 18.8 Å². The molecule has 2 heterocycles. The van der Waals surface area contributed by atoms with Gasteiger partial charge in [-0.1, -0.05) is 19.1 Å². The van der Waals surface area contributed by atoms with Crippen molar-refractivity contribution < 1.29 is 14.3 Å². The summed E-state index contributed by atoms with van der Waals surface area (Å²) in [6.07, 6.45) is 6.41. The summed E-state index contributed by atoms with van der Waals surface area (Å²) in [5, 5.41) is 0. The van der Waals surface area contributed by atoms with Gasteiger partial charge < -0.3 is 18.9 Å². The fourth-order valence-electron chi connectivity index (χ4n) is 3.00. The van der Waals surface area contributed by atoms with Crippen molar-refractivity contribution in [3.05, 3.63) is 53.8 Å². The van der Waals surface area contributed by atoms with Crippen LogP contribution in [0.4, 0.5) is 0 Å². The molecule has 1 aromatic heterocycles. The van der Waals surface area contributed by atoms with E-state index in [2.05, 4.69) is 11.9 Å². The molecule has 2 aromatic rings. The van der Waals surface area contributed by atoms with Crippen LogP contribution in [0.2, 0.25) is 0 Å². The van der Waals surface area contributed by atoms with E-state index >= 15 is 0 Å². The van der Waals surface area contributed by atoms with Crippen molar-refractivity contribution in [3.63, 3.8) is 0 Å². The largest absolute Gasteiger partial charge is 0.497 e. The minimum absolute atomic E-state index is 0.0603. The van der Waals surface area contributed by atoms with Gasteiger partial charge in [0.15, 0.2) is 5.76 Å². The van der Waals surface area contributed by atoms with Gasteiger partial charge in [-0.05, 0) is 31.0 Å². The molecule has 6 nitrogen and oxygen atoms in total. The molecule has 0 radical (unpaired) electrons. The maximum Gasteiger partial charge on any atom is 0.289 e. The molecule has 3 rings (SSSR count). The number of rotatable bonds is 6. The van der Waals surface area contributed by atoms with Crippen LogP contribution >= 0.6 is 0 Å². The van der Waals surface area contributed by atoms with Gasteiger partial charge in [0.1, 0.15) is 11.9 Å². The zero-order valence-electron chi connectivity index (χ0n) is 15.5. The van der Waals surface area contributed by atoms with Crippen molar-refractivity contribution in [2.24, 2.45) is 0 Å². The number of aromatic nitrogens is 2. The Kier molecular flexibility index (Phi) is 5.61. The number of aryl methyl sites for hydroxylation is 1. The van der Waals surface area contributed by atoms with Gasteiger partial charge >= 0.3 is 0 Å². The molecular formula is C20H25N3O3. The number of hydrogen-bond acceptors (Lipinski definition) is 4. The van der Waals surface area contributed by atoms with Crippen molar-refractivity contribution in [1.82, 2.24) is 14.5 Å². The zero-order chi connectivity index (χ0) is 18.5. The van der Waals surface area contributed by atoms with Crippen molar-refractivity contribution in [2.45, 2.75) is 39.5 Å². The molecule has 1 saturated heterocycles. The first-order chi connectivity index (χ1) is 12.6. The van der Waals surface area contributed by atoms with Crippen LogP contribution in [0, 0.1) is 0 Å². The molecule has 1 aliphatic heterocycles. The number of imidazole rings is 1. The van der Waals surface area contributed by atoms with E-state index in [-0.39, 0.29) is 12.0 Å². The van der Waals surface area contributed by atoms with E-state index in [4.69, 9.17) is 9.47 Å². The molecule has 1 fully saturated rings. The maximum atomic E-state index is 12.8. The monoisotopic (exact) mass is 355 g/mol. The third kappa shape index (κ3) is 4.25. The normalized spacial score (nSPS) is 18.9. The SMILES string of the molecule is CCCn1cnc(C=C2OC(C)CN(Cc3ccc(OC)cc3)C2=O)c1. The smallest absolute Gasteiger partial charge is 0.289 e. The molecule has 1 aromatic carbocycles. The lowest BCUT2D eigenvalue weighted by Crippen LogP contribution is -2.43. The summed E-state index contributed by atoms with van der Waals surface area (Å²) in [5.41, 5.74) is 1.79. The molecule has 1 unspecified atom stereocenters. The summed E-state index contributed by atoms with van der Waals surface area (Å²) >= 11 is 0. The first-order valence-electron chi connectivity index (χ1n) is 8.91. The number of benzene rings is 1. The second-order valence-electron chi connectivity index (χ2n) is 6.51. The topological polar surface area (TPSA) is 56.6 Å². The summed E-state index contributed by atoms with van der Waals surface area (Å²) < 4.78 is 13.0. The molecule has 0 bridgehead atoms. The number of carbonyl (C=O) groups is 1. The zero-order valence-corrected chi connectivity index (χ0v) is 15.5.